The highest BCUT2D eigenvalue weighted by atomic mass is 16.5. The maximum Gasteiger partial charge on any atom is 0.132 e. The molecule has 1 aliphatic heterocycles. The van der Waals surface area contributed by atoms with Crippen molar-refractivity contribution in [3.63, 3.8) is 0 Å². The Hall–Kier alpha value is -1.77. The van der Waals surface area contributed by atoms with Gasteiger partial charge in [-0.2, -0.15) is 5.10 Å². The molecule has 1 aromatic heterocycles. The van der Waals surface area contributed by atoms with Crippen LogP contribution in [-0.2, 0) is 19.1 Å². The number of fused-ring (bicyclic) bond motifs is 3. The Bertz CT molecular complexity index is 605. The molecule has 94 valence electrons. The maximum absolute atomic E-state index is 5.97. The molecular weight excluding hydrogens is 224 g/mol. The van der Waals surface area contributed by atoms with Crippen molar-refractivity contribution in [3.05, 3.63) is 35.5 Å². The van der Waals surface area contributed by atoms with Crippen LogP contribution >= 0.6 is 0 Å². The van der Waals surface area contributed by atoms with Gasteiger partial charge in [-0.1, -0.05) is 32.9 Å². The maximum atomic E-state index is 5.97. The van der Waals surface area contributed by atoms with E-state index in [0.717, 1.165) is 16.9 Å². The van der Waals surface area contributed by atoms with E-state index in [4.69, 9.17) is 4.74 Å². The van der Waals surface area contributed by atoms with Crippen LogP contribution in [0.1, 0.15) is 31.9 Å². The van der Waals surface area contributed by atoms with Gasteiger partial charge in [-0.25, -0.2) is 0 Å². The van der Waals surface area contributed by atoms with Crippen LogP contribution in [0.3, 0.4) is 0 Å². The zero-order valence-electron chi connectivity index (χ0n) is 11.3. The summed E-state index contributed by atoms with van der Waals surface area (Å²) in [6.07, 6.45) is 1.89. The Morgan fingerprint density at radius 3 is 2.78 bits per heavy atom. The van der Waals surface area contributed by atoms with Crippen molar-refractivity contribution in [3.8, 4) is 17.0 Å². The molecule has 0 N–H and O–H groups in total. The van der Waals surface area contributed by atoms with Gasteiger partial charge < -0.3 is 4.74 Å². The number of benzene rings is 1. The van der Waals surface area contributed by atoms with Crippen molar-refractivity contribution in [1.29, 1.82) is 0 Å². The summed E-state index contributed by atoms with van der Waals surface area (Å²) < 4.78 is 7.90. The highest BCUT2D eigenvalue weighted by Crippen LogP contribution is 2.43. The number of aryl methyl sites for hydroxylation is 1. The average molecular weight is 242 g/mol. The van der Waals surface area contributed by atoms with E-state index in [1.807, 2.05) is 17.9 Å². The molecule has 0 bridgehead atoms. The van der Waals surface area contributed by atoms with Crippen LogP contribution < -0.4 is 4.74 Å². The number of hydrogen-bond donors (Lipinski definition) is 0. The molecule has 0 aliphatic carbocycles. The highest BCUT2D eigenvalue weighted by molar-refractivity contribution is 5.74. The van der Waals surface area contributed by atoms with E-state index < -0.39 is 0 Å². The number of aromatic nitrogens is 2. The quantitative estimate of drug-likeness (QED) is 0.709. The standard InChI is InChI=1S/C15H18N2O/c1-15(2,3)12-7-5-6-11-13-10(8-16-17(13)4)9-18-14(11)12/h5-8H,9H2,1-4H3. The van der Waals surface area contributed by atoms with Gasteiger partial charge >= 0.3 is 0 Å². The van der Waals surface area contributed by atoms with E-state index in [-0.39, 0.29) is 5.41 Å². The summed E-state index contributed by atoms with van der Waals surface area (Å²) in [5.41, 5.74) is 4.84. The fourth-order valence-corrected chi connectivity index (χ4v) is 2.56. The predicted molar refractivity (Wildman–Crippen MR) is 71.7 cm³/mol. The minimum atomic E-state index is 0.0848. The molecule has 0 radical (unpaired) electrons. The van der Waals surface area contributed by atoms with Crippen LogP contribution in [0.5, 0.6) is 5.75 Å². The van der Waals surface area contributed by atoms with Crippen LogP contribution in [0, 0.1) is 0 Å². The molecule has 0 spiro atoms. The van der Waals surface area contributed by atoms with Crippen LogP contribution in [0.4, 0.5) is 0 Å². The van der Waals surface area contributed by atoms with E-state index in [9.17, 15) is 0 Å². The van der Waals surface area contributed by atoms with Crippen molar-refractivity contribution in [1.82, 2.24) is 9.78 Å². The van der Waals surface area contributed by atoms with Gasteiger partial charge in [-0.15, -0.1) is 0 Å². The first-order valence-corrected chi connectivity index (χ1v) is 6.26. The molecule has 18 heavy (non-hydrogen) atoms. The van der Waals surface area contributed by atoms with Crippen molar-refractivity contribution in [2.45, 2.75) is 32.8 Å². The minimum absolute atomic E-state index is 0.0848. The van der Waals surface area contributed by atoms with E-state index in [1.165, 1.54) is 11.3 Å². The molecule has 0 atom stereocenters. The Morgan fingerprint density at radius 1 is 1.28 bits per heavy atom. The third-order valence-corrected chi connectivity index (χ3v) is 3.46. The first-order valence-electron chi connectivity index (χ1n) is 6.26. The molecule has 0 saturated carbocycles. The molecule has 2 heterocycles. The number of hydrogen-bond acceptors (Lipinski definition) is 2. The Kier molecular flexibility index (Phi) is 2.27. The summed E-state index contributed by atoms with van der Waals surface area (Å²) in [4.78, 5) is 0. The summed E-state index contributed by atoms with van der Waals surface area (Å²) >= 11 is 0. The largest absolute Gasteiger partial charge is 0.488 e. The average Bonchev–Trinajstić information content (AvgIpc) is 2.69. The lowest BCUT2D eigenvalue weighted by Gasteiger charge is -2.27. The number of para-hydroxylation sites is 1. The van der Waals surface area contributed by atoms with Crippen LogP contribution in [-0.4, -0.2) is 9.78 Å². The summed E-state index contributed by atoms with van der Waals surface area (Å²) in [5, 5.41) is 4.33. The first kappa shape index (κ1) is 11.3. The zero-order valence-corrected chi connectivity index (χ0v) is 11.3. The van der Waals surface area contributed by atoms with Gasteiger partial charge in [-0.05, 0) is 11.5 Å². The van der Waals surface area contributed by atoms with Gasteiger partial charge in [0.15, 0.2) is 0 Å². The summed E-state index contributed by atoms with van der Waals surface area (Å²) in [5.74, 6) is 1.01. The molecular formula is C15H18N2O. The van der Waals surface area contributed by atoms with Gasteiger partial charge in [0.2, 0.25) is 0 Å². The molecule has 0 amide bonds. The number of nitrogens with zero attached hydrogens (tertiary/aromatic N) is 2. The smallest absolute Gasteiger partial charge is 0.132 e. The SMILES string of the molecule is Cn1ncc2c1-c1cccc(C(C)(C)C)c1OC2. The third-order valence-electron chi connectivity index (χ3n) is 3.46. The lowest BCUT2D eigenvalue weighted by Crippen LogP contribution is -2.16. The molecule has 1 aliphatic rings. The minimum Gasteiger partial charge on any atom is -0.488 e. The van der Waals surface area contributed by atoms with Gasteiger partial charge in [0.1, 0.15) is 12.4 Å². The van der Waals surface area contributed by atoms with E-state index in [0.29, 0.717) is 6.61 Å². The van der Waals surface area contributed by atoms with Crippen molar-refractivity contribution in [2.24, 2.45) is 7.05 Å². The molecule has 0 unspecified atom stereocenters. The van der Waals surface area contributed by atoms with E-state index >= 15 is 0 Å². The number of ether oxygens (including phenoxy) is 1. The summed E-state index contributed by atoms with van der Waals surface area (Å²) in [6.45, 7) is 7.25. The van der Waals surface area contributed by atoms with E-state index in [2.05, 4.69) is 44.1 Å². The second-order valence-electron chi connectivity index (χ2n) is 5.86. The predicted octanol–water partition coefficient (Wildman–Crippen LogP) is 3.28. The summed E-state index contributed by atoms with van der Waals surface area (Å²) in [6, 6.07) is 6.37. The molecule has 0 saturated heterocycles. The van der Waals surface area contributed by atoms with Gasteiger partial charge in [0, 0.05) is 23.7 Å². The second kappa shape index (κ2) is 3.61. The van der Waals surface area contributed by atoms with Gasteiger partial charge in [0.25, 0.3) is 0 Å². The Balaban J connectivity index is 2.28. The van der Waals surface area contributed by atoms with Gasteiger partial charge in [-0.3, -0.25) is 4.68 Å². The number of rotatable bonds is 0. The molecule has 3 nitrogen and oxygen atoms in total. The molecule has 3 heteroatoms. The fraction of sp³-hybridized carbons (Fsp3) is 0.400. The van der Waals surface area contributed by atoms with E-state index in [1.54, 1.807) is 0 Å². The van der Waals surface area contributed by atoms with Crippen LogP contribution in [0.2, 0.25) is 0 Å². The molecule has 1 aromatic carbocycles. The molecule has 2 aromatic rings. The van der Waals surface area contributed by atoms with Crippen molar-refractivity contribution >= 4 is 0 Å². The monoisotopic (exact) mass is 242 g/mol. The zero-order chi connectivity index (χ0) is 12.9. The fourth-order valence-electron chi connectivity index (χ4n) is 2.56. The molecule has 0 fully saturated rings. The third kappa shape index (κ3) is 1.54. The topological polar surface area (TPSA) is 27.1 Å². The highest BCUT2D eigenvalue weighted by Gasteiger charge is 2.27. The van der Waals surface area contributed by atoms with Gasteiger partial charge in [0.05, 0.1) is 11.9 Å². The summed E-state index contributed by atoms with van der Waals surface area (Å²) in [7, 11) is 1.98. The van der Waals surface area contributed by atoms with Crippen LogP contribution in [0.15, 0.2) is 24.4 Å². The van der Waals surface area contributed by atoms with Crippen molar-refractivity contribution in [2.75, 3.05) is 0 Å². The first-order chi connectivity index (χ1) is 8.48. The molecule has 3 rings (SSSR count). The van der Waals surface area contributed by atoms with Crippen molar-refractivity contribution < 1.29 is 4.74 Å². The lowest BCUT2D eigenvalue weighted by molar-refractivity contribution is 0.293. The normalized spacial score (nSPS) is 13.8. The lowest BCUT2D eigenvalue weighted by atomic mass is 9.84. The second-order valence-corrected chi connectivity index (χ2v) is 5.86. The van der Waals surface area contributed by atoms with Crippen LogP contribution in [0.25, 0.3) is 11.3 Å². The Morgan fingerprint density at radius 2 is 2.06 bits per heavy atom. The Labute approximate surface area is 107 Å².